The molecule has 1 N–H and O–H groups in total. The Hall–Kier alpha value is -1.49. The van der Waals surface area contributed by atoms with Crippen LogP contribution in [-0.4, -0.2) is 30.5 Å². The normalized spacial score (nSPS) is 17.2. The number of rotatable bonds is 1. The standard InChI is InChI=1S/C9H10FN3O/c10-7-3-8(5-12-4-7)13-2-1-11-6-9(13)14/h3-5,11H,1-2,6H2. The molecule has 74 valence electrons. The number of aromatic nitrogens is 1. The van der Waals surface area contributed by atoms with Crippen molar-refractivity contribution in [3.8, 4) is 0 Å². The van der Waals surface area contributed by atoms with Gasteiger partial charge in [0.1, 0.15) is 5.82 Å². The Morgan fingerprint density at radius 3 is 3.07 bits per heavy atom. The van der Waals surface area contributed by atoms with Crippen LogP contribution in [0.2, 0.25) is 0 Å². The SMILES string of the molecule is O=C1CNCCN1c1cncc(F)c1. The van der Waals surface area contributed by atoms with E-state index in [1.165, 1.54) is 17.2 Å². The van der Waals surface area contributed by atoms with Gasteiger partial charge < -0.3 is 10.2 Å². The van der Waals surface area contributed by atoms with Crippen LogP contribution in [0.15, 0.2) is 18.5 Å². The summed E-state index contributed by atoms with van der Waals surface area (Å²) in [4.78, 5) is 16.7. The van der Waals surface area contributed by atoms with E-state index in [0.29, 0.717) is 18.8 Å². The number of carbonyl (C=O) groups excluding carboxylic acids is 1. The molecule has 2 rings (SSSR count). The topological polar surface area (TPSA) is 45.2 Å². The molecule has 0 saturated carbocycles. The Bertz CT molecular complexity index is 356. The summed E-state index contributed by atoms with van der Waals surface area (Å²) in [6.45, 7) is 1.59. The highest BCUT2D eigenvalue weighted by atomic mass is 19.1. The second kappa shape index (κ2) is 3.71. The van der Waals surface area contributed by atoms with Gasteiger partial charge in [0.25, 0.3) is 0 Å². The van der Waals surface area contributed by atoms with E-state index >= 15 is 0 Å². The molecule has 0 atom stereocenters. The maximum absolute atomic E-state index is 12.8. The Kier molecular flexibility index (Phi) is 2.41. The number of piperazine rings is 1. The van der Waals surface area contributed by atoms with Gasteiger partial charge in [-0.2, -0.15) is 0 Å². The van der Waals surface area contributed by atoms with Crippen LogP contribution in [0, 0.1) is 5.82 Å². The van der Waals surface area contributed by atoms with Crippen molar-refractivity contribution in [3.63, 3.8) is 0 Å². The quantitative estimate of drug-likeness (QED) is 0.694. The molecule has 1 aromatic heterocycles. The number of anilines is 1. The lowest BCUT2D eigenvalue weighted by Gasteiger charge is -2.26. The second-order valence-corrected chi connectivity index (χ2v) is 3.08. The smallest absolute Gasteiger partial charge is 0.241 e. The zero-order valence-corrected chi connectivity index (χ0v) is 7.53. The van der Waals surface area contributed by atoms with Crippen LogP contribution < -0.4 is 10.2 Å². The number of carbonyl (C=O) groups is 1. The van der Waals surface area contributed by atoms with Crippen molar-refractivity contribution in [1.29, 1.82) is 0 Å². The molecule has 0 spiro atoms. The number of pyridine rings is 1. The van der Waals surface area contributed by atoms with Gasteiger partial charge in [-0.25, -0.2) is 4.39 Å². The average Bonchev–Trinajstić information content (AvgIpc) is 2.18. The molecule has 5 heteroatoms. The lowest BCUT2D eigenvalue weighted by atomic mass is 10.3. The summed E-state index contributed by atoms with van der Waals surface area (Å²) in [5, 5.41) is 2.94. The van der Waals surface area contributed by atoms with Gasteiger partial charge >= 0.3 is 0 Å². The summed E-state index contributed by atoms with van der Waals surface area (Å²) in [5.74, 6) is -0.475. The van der Waals surface area contributed by atoms with Crippen molar-refractivity contribution in [2.45, 2.75) is 0 Å². The average molecular weight is 195 g/mol. The highest BCUT2D eigenvalue weighted by Crippen LogP contribution is 2.14. The predicted molar refractivity (Wildman–Crippen MR) is 49.4 cm³/mol. The van der Waals surface area contributed by atoms with E-state index < -0.39 is 5.82 Å². The third-order valence-electron chi connectivity index (χ3n) is 2.09. The van der Waals surface area contributed by atoms with Gasteiger partial charge in [0.2, 0.25) is 5.91 Å². The van der Waals surface area contributed by atoms with Crippen molar-refractivity contribution in [3.05, 3.63) is 24.3 Å². The first kappa shape index (κ1) is 9.08. The molecule has 0 radical (unpaired) electrons. The summed E-state index contributed by atoms with van der Waals surface area (Å²) < 4.78 is 12.8. The van der Waals surface area contributed by atoms with Gasteiger partial charge in [0.15, 0.2) is 0 Å². The second-order valence-electron chi connectivity index (χ2n) is 3.08. The molecule has 0 bridgehead atoms. The molecule has 1 fully saturated rings. The van der Waals surface area contributed by atoms with Gasteiger partial charge in [0.05, 0.1) is 24.6 Å². The number of nitrogens with one attached hydrogen (secondary N) is 1. The molecule has 1 aliphatic rings. The summed E-state index contributed by atoms with van der Waals surface area (Å²) in [5.41, 5.74) is 0.525. The Morgan fingerprint density at radius 2 is 2.36 bits per heavy atom. The van der Waals surface area contributed by atoms with E-state index in [1.54, 1.807) is 0 Å². The van der Waals surface area contributed by atoms with Gasteiger partial charge in [-0.3, -0.25) is 9.78 Å². The lowest BCUT2D eigenvalue weighted by Crippen LogP contribution is -2.48. The zero-order valence-electron chi connectivity index (χ0n) is 7.53. The fraction of sp³-hybridized carbons (Fsp3) is 0.333. The van der Waals surface area contributed by atoms with Crippen molar-refractivity contribution in [2.75, 3.05) is 24.5 Å². The lowest BCUT2D eigenvalue weighted by molar-refractivity contribution is -0.118. The summed E-state index contributed by atoms with van der Waals surface area (Å²) >= 11 is 0. The monoisotopic (exact) mass is 195 g/mol. The molecule has 0 aromatic carbocycles. The molecule has 1 amide bonds. The maximum Gasteiger partial charge on any atom is 0.241 e. The minimum Gasteiger partial charge on any atom is -0.308 e. The highest BCUT2D eigenvalue weighted by molar-refractivity contribution is 5.95. The molecular formula is C9H10FN3O. The molecule has 1 aromatic rings. The number of amides is 1. The first-order chi connectivity index (χ1) is 6.77. The van der Waals surface area contributed by atoms with Crippen molar-refractivity contribution in [1.82, 2.24) is 10.3 Å². The molecule has 4 nitrogen and oxygen atoms in total. The minimum absolute atomic E-state index is 0.0522. The molecular weight excluding hydrogens is 185 g/mol. The van der Waals surface area contributed by atoms with Gasteiger partial charge in [0, 0.05) is 19.2 Å². The number of hydrogen-bond donors (Lipinski definition) is 1. The molecule has 0 unspecified atom stereocenters. The summed E-state index contributed by atoms with van der Waals surface area (Å²) in [6, 6.07) is 1.32. The van der Waals surface area contributed by atoms with Crippen LogP contribution >= 0.6 is 0 Å². The van der Waals surface area contributed by atoms with Crippen LogP contribution in [0.5, 0.6) is 0 Å². The van der Waals surface area contributed by atoms with E-state index in [2.05, 4.69) is 10.3 Å². The zero-order chi connectivity index (χ0) is 9.97. The van der Waals surface area contributed by atoms with Gasteiger partial charge in [-0.1, -0.05) is 0 Å². The Labute approximate surface area is 80.7 Å². The number of hydrogen-bond acceptors (Lipinski definition) is 3. The largest absolute Gasteiger partial charge is 0.308 e. The molecule has 1 saturated heterocycles. The number of nitrogens with zero attached hydrogens (tertiary/aromatic N) is 2. The first-order valence-electron chi connectivity index (χ1n) is 4.39. The number of halogens is 1. The molecule has 0 aliphatic carbocycles. The van der Waals surface area contributed by atoms with Crippen molar-refractivity contribution in [2.24, 2.45) is 0 Å². The van der Waals surface area contributed by atoms with Crippen LogP contribution in [-0.2, 0) is 4.79 Å². The fourth-order valence-corrected chi connectivity index (χ4v) is 1.43. The van der Waals surface area contributed by atoms with E-state index in [4.69, 9.17) is 0 Å². The molecule has 1 aliphatic heterocycles. The van der Waals surface area contributed by atoms with E-state index in [1.807, 2.05) is 0 Å². The van der Waals surface area contributed by atoms with E-state index in [9.17, 15) is 9.18 Å². The fourth-order valence-electron chi connectivity index (χ4n) is 1.43. The minimum atomic E-state index is -0.422. The third-order valence-corrected chi connectivity index (χ3v) is 2.09. The maximum atomic E-state index is 12.8. The summed E-state index contributed by atoms with van der Waals surface area (Å²) in [7, 11) is 0. The highest BCUT2D eigenvalue weighted by Gasteiger charge is 2.19. The Balaban J connectivity index is 2.24. The van der Waals surface area contributed by atoms with E-state index in [0.717, 1.165) is 12.7 Å². The molecule has 2 heterocycles. The summed E-state index contributed by atoms with van der Waals surface area (Å²) in [6.07, 6.45) is 2.61. The van der Waals surface area contributed by atoms with Gasteiger partial charge in [-0.15, -0.1) is 0 Å². The third kappa shape index (κ3) is 1.72. The Morgan fingerprint density at radius 1 is 1.50 bits per heavy atom. The van der Waals surface area contributed by atoms with Crippen LogP contribution in [0.3, 0.4) is 0 Å². The van der Waals surface area contributed by atoms with Gasteiger partial charge in [-0.05, 0) is 0 Å². The van der Waals surface area contributed by atoms with Crippen LogP contribution in [0.1, 0.15) is 0 Å². The molecule has 14 heavy (non-hydrogen) atoms. The van der Waals surface area contributed by atoms with Crippen molar-refractivity contribution >= 4 is 11.6 Å². The predicted octanol–water partition coefficient (Wildman–Crippen LogP) is 0.157. The van der Waals surface area contributed by atoms with E-state index in [-0.39, 0.29) is 5.91 Å². The van der Waals surface area contributed by atoms with Crippen LogP contribution in [0.25, 0.3) is 0 Å². The van der Waals surface area contributed by atoms with Crippen LogP contribution in [0.4, 0.5) is 10.1 Å². The van der Waals surface area contributed by atoms with Crippen molar-refractivity contribution < 1.29 is 9.18 Å². The first-order valence-corrected chi connectivity index (χ1v) is 4.39.